The van der Waals surface area contributed by atoms with E-state index in [1.165, 1.54) is 6.42 Å². The molecule has 1 N–H and O–H groups in total. The van der Waals surface area contributed by atoms with Gasteiger partial charge in [-0.3, -0.25) is 14.1 Å². The van der Waals surface area contributed by atoms with Crippen LogP contribution >= 0.6 is 0 Å². The first-order valence-corrected chi connectivity index (χ1v) is 14.9. The van der Waals surface area contributed by atoms with Gasteiger partial charge in [0.2, 0.25) is 0 Å². The first-order valence-electron chi connectivity index (χ1n) is 13.4. The van der Waals surface area contributed by atoms with Crippen LogP contribution in [-0.2, 0) is 48.2 Å². The van der Waals surface area contributed by atoms with Crippen LogP contribution in [0.15, 0.2) is 0 Å². The van der Waals surface area contributed by atoms with Crippen molar-refractivity contribution in [2.24, 2.45) is 47.3 Å². The third kappa shape index (κ3) is 3.91. The minimum atomic E-state index is -6.10. The van der Waals surface area contributed by atoms with Crippen molar-refractivity contribution in [1.82, 2.24) is 0 Å². The van der Waals surface area contributed by atoms with Crippen LogP contribution in [0.1, 0.15) is 51.9 Å². The maximum atomic E-state index is 13.8. The van der Waals surface area contributed by atoms with Gasteiger partial charge >= 0.3 is 39.2 Å². The SMILES string of the molecule is CCC1(OC(=O)C2C3CC4C(OC(=O)C42)C3OC(=O)COC(=O)C(F)(F)S(=O)(=O)O)C2CC3CC(C2)CC1C3. The number of hydrogen-bond acceptors (Lipinski definition) is 10. The minimum absolute atomic E-state index is 0.272. The zero-order chi connectivity index (χ0) is 28.1. The number of ether oxygens (including phenoxy) is 4. The summed E-state index contributed by atoms with van der Waals surface area (Å²) in [6.07, 6.45) is 4.43. The molecule has 216 valence electrons. The van der Waals surface area contributed by atoms with Crippen LogP contribution in [0.3, 0.4) is 0 Å². The number of alkyl halides is 2. The third-order valence-corrected chi connectivity index (χ3v) is 11.1. The summed E-state index contributed by atoms with van der Waals surface area (Å²) in [6.45, 7) is 0.648. The van der Waals surface area contributed by atoms with Crippen molar-refractivity contribution in [3.05, 3.63) is 0 Å². The average molecular weight is 577 g/mol. The molecule has 0 aromatic rings. The molecule has 6 aliphatic carbocycles. The molecule has 6 atom stereocenters. The van der Waals surface area contributed by atoms with Crippen LogP contribution in [0.2, 0.25) is 0 Å². The number of esters is 4. The summed E-state index contributed by atoms with van der Waals surface area (Å²) in [4.78, 5) is 50.3. The topological polar surface area (TPSA) is 160 Å². The van der Waals surface area contributed by atoms with Gasteiger partial charge in [-0.2, -0.15) is 17.2 Å². The highest BCUT2D eigenvalue weighted by molar-refractivity contribution is 7.87. The Labute approximate surface area is 223 Å². The maximum absolute atomic E-state index is 13.8. The van der Waals surface area contributed by atoms with Gasteiger partial charge in [-0.15, -0.1) is 0 Å². The van der Waals surface area contributed by atoms with Crippen molar-refractivity contribution in [2.75, 3.05) is 6.61 Å². The Morgan fingerprint density at radius 1 is 1.05 bits per heavy atom. The lowest BCUT2D eigenvalue weighted by Gasteiger charge is -2.60. The van der Waals surface area contributed by atoms with Crippen molar-refractivity contribution in [3.8, 4) is 0 Å². The van der Waals surface area contributed by atoms with Gasteiger partial charge in [-0.25, -0.2) is 9.59 Å². The lowest BCUT2D eigenvalue weighted by molar-refractivity contribution is -0.218. The third-order valence-electron chi connectivity index (χ3n) is 10.3. The van der Waals surface area contributed by atoms with Crippen LogP contribution in [0.25, 0.3) is 0 Å². The summed E-state index contributed by atoms with van der Waals surface area (Å²) in [7, 11) is -6.10. The molecule has 0 amide bonds. The van der Waals surface area contributed by atoms with Gasteiger partial charge in [0.1, 0.15) is 17.8 Å². The van der Waals surface area contributed by atoms with E-state index in [0.717, 1.165) is 25.7 Å². The van der Waals surface area contributed by atoms with Crippen molar-refractivity contribution < 1.29 is 59.9 Å². The van der Waals surface area contributed by atoms with E-state index >= 15 is 0 Å². The molecular formula is C25H30F2O11S. The molecule has 39 heavy (non-hydrogen) atoms. The number of fused-ring (bicyclic) bond motifs is 1. The number of carbonyl (C=O) groups excluding carboxylic acids is 4. The van der Waals surface area contributed by atoms with E-state index in [-0.39, 0.29) is 17.8 Å². The van der Waals surface area contributed by atoms with Crippen LogP contribution in [-0.4, -0.2) is 66.5 Å². The summed E-state index contributed by atoms with van der Waals surface area (Å²) in [5.41, 5.74) is -0.590. The highest BCUT2D eigenvalue weighted by Crippen LogP contribution is 2.63. The molecule has 11 nitrogen and oxygen atoms in total. The molecule has 1 heterocycles. The van der Waals surface area contributed by atoms with Gasteiger partial charge in [-0.1, -0.05) is 6.92 Å². The van der Waals surface area contributed by atoms with Crippen LogP contribution in [0, 0.1) is 47.3 Å². The van der Waals surface area contributed by atoms with E-state index in [1.54, 1.807) is 0 Å². The van der Waals surface area contributed by atoms with Crippen molar-refractivity contribution in [2.45, 2.75) is 74.9 Å². The van der Waals surface area contributed by atoms with Crippen LogP contribution in [0.4, 0.5) is 8.78 Å². The standard InChI is InChI=1S/C25H30F2O11S/c1-2-24(12-4-10-3-11(6-12)7-13(24)5-10)38-22(30)18-15-8-14-17(18)21(29)37-20(14)19(15)36-16(28)9-35-23(31)25(26,27)39(32,33)34/h10-15,17-20H,2-9H2,1H3,(H,32,33,34). The lowest BCUT2D eigenvalue weighted by Crippen LogP contribution is -2.60. The Morgan fingerprint density at radius 2 is 1.67 bits per heavy atom. The quantitative estimate of drug-likeness (QED) is 0.255. The highest BCUT2D eigenvalue weighted by Gasteiger charge is 2.71. The minimum Gasteiger partial charge on any atom is -0.458 e. The van der Waals surface area contributed by atoms with Crippen molar-refractivity contribution in [1.29, 1.82) is 0 Å². The van der Waals surface area contributed by atoms with Gasteiger partial charge < -0.3 is 18.9 Å². The van der Waals surface area contributed by atoms with E-state index in [4.69, 9.17) is 18.8 Å². The van der Waals surface area contributed by atoms with Crippen molar-refractivity contribution in [3.63, 3.8) is 0 Å². The Bertz CT molecular complexity index is 1190. The number of hydrogen-bond donors (Lipinski definition) is 1. The zero-order valence-corrected chi connectivity index (χ0v) is 21.9. The van der Waals surface area contributed by atoms with E-state index in [2.05, 4.69) is 4.74 Å². The molecule has 0 radical (unpaired) electrons. The van der Waals surface area contributed by atoms with E-state index in [0.29, 0.717) is 24.7 Å². The van der Waals surface area contributed by atoms with E-state index in [9.17, 15) is 36.4 Å². The van der Waals surface area contributed by atoms with Gasteiger partial charge in [0.15, 0.2) is 6.61 Å². The summed E-state index contributed by atoms with van der Waals surface area (Å²) in [5, 5.41) is -5.27. The first kappa shape index (κ1) is 26.9. The Hall–Kier alpha value is -2.35. The van der Waals surface area contributed by atoms with E-state index in [1.807, 2.05) is 6.92 Å². The Kier molecular flexibility index (Phi) is 6.07. The van der Waals surface area contributed by atoms with Crippen LogP contribution in [0.5, 0.6) is 0 Å². The number of carbonyl (C=O) groups is 4. The predicted octanol–water partition coefficient (Wildman–Crippen LogP) is 1.88. The largest absolute Gasteiger partial charge is 0.465 e. The summed E-state index contributed by atoms with van der Waals surface area (Å²) < 4.78 is 77.8. The van der Waals surface area contributed by atoms with Gasteiger partial charge in [0.25, 0.3) is 0 Å². The average Bonchev–Trinajstić information content (AvgIpc) is 3.47. The fourth-order valence-corrected chi connectivity index (χ4v) is 9.29. The second kappa shape index (κ2) is 8.82. The zero-order valence-electron chi connectivity index (χ0n) is 21.1. The normalized spacial score (nSPS) is 43.3. The molecule has 7 fully saturated rings. The fraction of sp³-hybridized carbons (Fsp3) is 0.840. The maximum Gasteiger partial charge on any atom is 0.465 e. The monoisotopic (exact) mass is 576 g/mol. The summed E-state index contributed by atoms with van der Waals surface area (Å²) in [5.74, 6) is -5.80. The number of rotatable bonds is 8. The molecule has 14 heteroatoms. The molecular weight excluding hydrogens is 546 g/mol. The molecule has 7 rings (SSSR count). The molecule has 0 aromatic heterocycles. The molecule has 7 aliphatic rings. The van der Waals surface area contributed by atoms with Gasteiger partial charge in [-0.05, 0) is 68.6 Å². The first-order chi connectivity index (χ1) is 18.3. The molecule has 0 spiro atoms. The molecule has 1 saturated heterocycles. The summed E-state index contributed by atoms with van der Waals surface area (Å²) >= 11 is 0. The van der Waals surface area contributed by atoms with Gasteiger partial charge in [0.05, 0.1) is 11.8 Å². The molecule has 6 saturated carbocycles. The molecule has 6 unspecified atom stereocenters. The molecule has 1 aliphatic heterocycles. The second-order valence-corrected chi connectivity index (χ2v) is 13.5. The second-order valence-electron chi connectivity index (χ2n) is 12.1. The fourth-order valence-electron chi connectivity index (χ4n) is 9.02. The smallest absolute Gasteiger partial charge is 0.458 e. The highest BCUT2D eigenvalue weighted by atomic mass is 32.2. The van der Waals surface area contributed by atoms with E-state index < -0.39 is 81.4 Å². The Morgan fingerprint density at radius 3 is 2.23 bits per heavy atom. The van der Waals surface area contributed by atoms with Crippen LogP contribution < -0.4 is 0 Å². The molecule has 0 aromatic carbocycles. The lowest BCUT2D eigenvalue weighted by atomic mass is 9.49. The van der Waals surface area contributed by atoms with Crippen molar-refractivity contribution >= 4 is 34.0 Å². The summed E-state index contributed by atoms with van der Waals surface area (Å²) in [6, 6.07) is 0. The number of halogens is 2. The van der Waals surface area contributed by atoms with Gasteiger partial charge in [0, 0.05) is 11.8 Å². The predicted molar refractivity (Wildman–Crippen MR) is 122 cm³/mol. The molecule has 6 bridgehead atoms. The Balaban J connectivity index is 1.15.